The van der Waals surface area contributed by atoms with Gasteiger partial charge in [0.2, 0.25) is 0 Å². The molecule has 0 bridgehead atoms. The first-order valence-electron chi connectivity index (χ1n) is 13.1. The van der Waals surface area contributed by atoms with Crippen LogP contribution in [0.2, 0.25) is 0 Å². The molecule has 3 rings (SSSR count). The van der Waals surface area contributed by atoms with Gasteiger partial charge < -0.3 is 19.1 Å². The predicted octanol–water partition coefficient (Wildman–Crippen LogP) is 6.00. The Morgan fingerprint density at radius 2 is 1.72 bits per heavy atom. The maximum absolute atomic E-state index is 12.9. The van der Waals surface area contributed by atoms with Crippen molar-refractivity contribution in [1.82, 2.24) is 19.4 Å². The maximum atomic E-state index is 12.9. The number of carbonyl (C=O) groups is 2. The number of fused-ring (bicyclic) bond motifs is 1. The number of amides is 2. The van der Waals surface area contributed by atoms with E-state index in [1.165, 1.54) is 0 Å². The number of aromatic nitrogens is 2. The molecule has 3 aromatic rings. The number of aryl methyl sites for hydroxylation is 1. The van der Waals surface area contributed by atoms with Crippen LogP contribution in [-0.2, 0) is 13.0 Å². The third kappa shape index (κ3) is 6.65. The maximum Gasteiger partial charge on any atom is 0.414 e. The minimum absolute atomic E-state index is 0.0369. The number of hydrogen-bond acceptors (Lipinski definition) is 4. The van der Waals surface area contributed by atoms with Crippen molar-refractivity contribution in [2.75, 3.05) is 26.7 Å². The van der Waals surface area contributed by atoms with Crippen molar-refractivity contribution in [3.63, 3.8) is 0 Å². The van der Waals surface area contributed by atoms with Gasteiger partial charge in [0.25, 0.3) is 5.91 Å². The van der Waals surface area contributed by atoms with E-state index in [0.717, 1.165) is 41.8 Å². The summed E-state index contributed by atoms with van der Waals surface area (Å²) in [5.74, 6) is 2.10. The molecule has 0 fully saturated rings. The average Bonchev–Trinajstić information content (AvgIpc) is 3.20. The second-order valence-corrected chi connectivity index (χ2v) is 9.65. The van der Waals surface area contributed by atoms with Crippen LogP contribution in [0.15, 0.2) is 42.5 Å². The Bertz CT molecular complexity index is 1160. The quantitative estimate of drug-likeness (QED) is 0.329. The number of nitrogens with zero attached hydrogens (tertiary/aromatic N) is 4. The molecular formula is C29H40N4O3. The van der Waals surface area contributed by atoms with E-state index in [-0.39, 0.29) is 12.0 Å². The van der Waals surface area contributed by atoms with Crippen LogP contribution in [-0.4, -0.2) is 58.0 Å². The lowest BCUT2D eigenvalue weighted by Crippen LogP contribution is -2.30. The first-order valence-corrected chi connectivity index (χ1v) is 13.1. The molecule has 7 heteroatoms. The Balaban J connectivity index is 1.86. The topological polar surface area (TPSA) is 67.7 Å². The van der Waals surface area contributed by atoms with Crippen molar-refractivity contribution >= 4 is 23.0 Å². The van der Waals surface area contributed by atoms with E-state index in [9.17, 15) is 9.59 Å². The second kappa shape index (κ2) is 12.6. The summed E-state index contributed by atoms with van der Waals surface area (Å²) in [6.45, 7) is 13.3. The molecule has 0 aliphatic rings. The standard InChI is InChI=1S/C29H40N4O3/c1-7-17-31(6)29(35)36-24-13-10-22(11-14-24)19-27-30-25-20-23(28(34)32(8-2)9-3)12-15-26(25)33(27)18-16-21(4)5/h10-15,20-21H,7-9,16-19H2,1-6H3. The highest BCUT2D eigenvalue weighted by Gasteiger charge is 2.17. The number of imidazole rings is 1. The average molecular weight is 493 g/mol. The number of hydrogen-bond donors (Lipinski definition) is 0. The minimum Gasteiger partial charge on any atom is -0.410 e. The Hall–Kier alpha value is -3.35. The van der Waals surface area contributed by atoms with E-state index in [2.05, 4.69) is 18.4 Å². The highest BCUT2D eigenvalue weighted by Crippen LogP contribution is 2.23. The lowest BCUT2D eigenvalue weighted by Gasteiger charge is -2.18. The fourth-order valence-electron chi connectivity index (χ4n) is 4.24. The van der Waals surface area contributed by atoms with Crippen LogP contribution >= 0.6 is 0 Å². The zero-order valence-electron chi connectivity index (χ0n) is 22.6. The van der Waals surface area contributed by atoms with E-state index in [1.807, 2.05) is 68.1 Å². The van der Waals surface area contributed by atoms with E-state index < -0.39 is 0 Å². The highest BCUT2D eigenvalue weighted by molar-refractivity contribution is 5.97. The van der Waals surface area contributed by atoms with Gasteiger partial charge in [-0.25, -0.2) is 9.78 Å². The van der Waals surface area contributed by atoms with Crippen LogP contribution in [0, 0.1) is 5.92 Å². The molecule has 0 atom stereocenters. The van der Waals surface area contributed by atoms with Gasteiger partial charge >= 0.3 is 6.09 Å². The molecule has 0 aliphatic carbocycles. The Labute approximate surface area is 215 Å². The summed E-state index contributed by atoms with van der Waals surface area (Å²) in [5.41, 5.74) is 3.64. The third-order valence-electron chi connectivity index (χ3n) is 6.42. The van der Waals surface area contributed by atoms with Crippen LogP contribution < -0.4 is 4.74 Å². The summed E-state index contributed by atoms with van der Waals surface area (Å²) in [5, 5.41) is 0. The second-order valence-electron chi connectivity index (χ2n) is 9.65. The Morgan fingerprint density at radius 1 is 1.03 bits per heavy atom. The monoisotopic (exact) mass is 492 g/mol. The highest BCUT2D eigenvalue weighted by atomic mass is 16.6. The Kier molecular flexibility index (Phi) is 9.51. The SMILES string of the molecule is CCCN(C)C(=O)Oc1ccc(Cc2nc3cc(C(=O)N(CC)CC)ccc3n2CCC(C)C)cc1. The molecule has 0 radical (unpaired) electrons. The first kappa shape index (κ1) is 27.2. The molecule has 1 aromatic heterocycles. The third-order valence-corrected chi connectivity index (χ3v) is 6.42. The van der Waals surface area contributed by atoms with Gasteiger partial charge in [0.05, 0.1) is 11.0 Å². The normalized spacial score (nSPS) is 11.2. The van der Waals surface area contributed by atoms with E-state index in [4.69, 9.17) is 9.72 Å². The molecule has 0 N–H and O–H groups in total. The van der Waals surface area contributed by atoms with Crippen molar-refractivity contribution in [3.05, 3.63) is 59.4 Å². The van der Waals surface area contributed by atoms with Gasteiger partial charge in [-0.1, -0.05) is 32.9 Å². The van der Waals surface area contributed by atoms with Crippen LogP contribution in [0.25, 0.3) is 11.0 Å². The fraction of sp³-hybridized carbons (Fsp3) is 0.483. The van der Waals surface area contributed by atoms with Crippen LogP contribution in [0.5, 0.6) is 5.75 Å². The summed E-state index contributed by atoms with van der Waals surface area (Å²) in [6.07, 6.45) is 2.22. The van der Waals surface area contributed by atoms with Crippen molar-refractivity contribution in [2.45, 2.75) is 60.4 Å². The molecule has 194 valence electrons. The first-order chi connectivity index (χ1) is 17.3. The Morgan fingerprint density at radius 3 is 2.33 bits per heavy atom. The smallest absolute Gasteiger partial charge is 0.410 e. The minimum atomic E-state index is -0.352. The number of ether oxygens (including phenoxy) is 1. The zero-order valence-corrected chi connectivity index (χ0v) is 22.6. The number of carbonyl (C=O) groups excluding carboxylic acids is 2. The molecular weight excluding hydrogens is 452 g/mol. The fourth-order valence-corrected chi connectivity index (χ4v) is 4.24. The number of benzene rings is 2. The molecule has 7 nitrogen and oxygen atoms in total. The zero-order chi connectivity index (χ0) is 26.2. The van der Waals surface area contributed by atoms with Gasteiger partial charge in [-0.2, -0.15) is 0 Å². The summed E-state index contributed by atoms with van der Waals surface area (Å²) in [4.78, 5) is 33.4. The van der Waals surface area contributed by atoms with Gasteiger partial charge in [-0.15, -0.1) is 0 Å². The van der Waals surface area contributed by atoms with Gasteiger partial charge in [-0.05, 0) is 68.5 Å². The van der Waals surface area contributed by atoms with E-state index >= 15 is 0 Å². The van der Waals surface area contributed by atoms with Gasteiger partial charge in [-0.3, -0.25) is 4.79 Å². The van der Waals surface area contributed by atoms with Crippen molar-refractivity contribution in [3.8, 4) is 5.75 Å². The van der Waals surface area contributed by atoms with Crippen LogP contribution in [0.3, 0.4) is 0 Å². The van der Waals surface area contributed by atoms with Crippen molar-refractivity contribution in [1.29, 1.82) is 0 Å². The molecule has 2 amide bonds. The molecule has 36 heavy (non-hydrogen) atoms. The summed E-state index contributed by atoms with van der Waals surface area (Å²) >= 11 is 0. The van der Waals surface area contributed by atoms with Crippen molar-refractivity contribution in [2.24, 2.45) is 5.92 Å². The molecule has 0 spiro atoms. The number of rotatable bonds is 11. The molecule has 0 saturated heterocycles. The van der Waals surface area contributed by atoms with Crippen molar-refractivity contribution < 1.29 is 14.3 Å². The lowest BCUT2D eigenvalue weighted by molar-refractivity contribution is 0.0773. The molecule has 1 heterocycles. The molecule has 0 saturated carbocycles. The van der Waals surface area contributed by atoms with E-state index in [1.54, 1.807) is 11.9 Å². The van der Waals surface area contributed by atoms with Gasteiger partial charge in [0.15, 0.2) is 0 Å². The van der Waals surface area contributed by atoms with Gasteiger partial charge in [0.1, 0.15) is 11.6 Å². The largest absolute Gasteiger partial charge is 0.414 e. The van der Waals surface area contributed by atoms with Crippen LogP contribution in [0.1, 0.15) is 69.2 Å². The van der Waals surface area contributed by atoms with Crippen LogP contribution in [0.4, 0.5) is 4.79 Å². The van der Waals surface area contributed by atoms with Gasteiger partial charge in [0, 0.05) is 45.2 Å². The summed E-state index contributed by atoms with van der Waals surface area (Å²) in [6, 6.07) is 13.5. The predicted molar refractivity (Wildman–Crippen MR) is 145 cm³/mol. The summed E-state index contributed by atoms with van der Waals surface area (Å²) in [7, 11) is 1.74. The lowest BCUT2D eigenvalue weighted by atomic mass is 10.1. The molecule has 2 aromatic carbocycles. The molecule has 0 aliphatic heterocycles. The van der Waals surface area contributed by atoms with E-state index in [0.29, 0.717) is 43.3 Å². The molecule has 0 unspecified atom stereocenters. The summed E-state index contributed by atoms with van der Waals surface area (Å²) < 4.78 is 7.75.